The molecule has 0 spiro atoms. The number of anilines is 1. The highest BCUT2D eigenvalue weighted by atomic mass is 32.2. The Bertz CT molecular complexity index is 558. The van der Waals surface area contributed by atoms with Crippen LogP contribution in [0.25, 0.3) is 0 Å². The summed E-state index contributed by atoms with van der Waals surface area (Å²) in [4.78, 5) is 8.32. The molecule has 1 aliphatic heterocycles. The van der Waals surface area contributed by atoms with E-state index in [1.807, 2.05) is 0 Å². The van der Waals surface area contributed by atoms with Crippen molar-refractivity contribution in [3.05, 3.63) is 18.1 Å². The fraction of sp³-hybridized carbons (Fsp3) is 0.692. The lowest BCUT2D eigenvalue weighted by Crippen LogP contribution is -2.40. The molecule has 1 aromatic rings. The van der Waals surface area contributed by atoms with E-state index in [0.29, 0.717) is 24.8 Å². The first-order valence-electron chi connectivity index (χ1n) is 7.13. The summed E-state index contributed by atoms with van der Waals surface area (Å²) in [5.74, 6) is 0.855. The van der Waals surface area contributed by atoms with Gasteiger partial charge in [0.15, 0.2) is 0 Å². The topological polar surface area (TPSA) is 92.4 Å². The highest BCUT2D eigenvalue weighted by Gasteiger charge is 2.27. The van der Waals surface area contributed by atoms with E-state index in [1.165, 1.54) is 4.31 Å². The van der Waals surface area contributed by atoms with E-state index in [2.05, 4.69) is 9.97 Å². The normalized spacial score (nSPS) is 21.4. The Balaban J connectivity index is 1.96. The van der Waals surface area contributed by atoms with Crippen LogP contribution in [0.5, 0.6) is 0 Å². The third-order valence-corrected chi connectivity index (χ3v) is 5.76. The molecule has 0 unspecified atom stereocenters. The highest BCUT2D eigenvalue weighted by Crippen LogP contribution is 2.23. The van der Waals surface area contributed by atoms with Gasteiger partial charge in [-0.2, -0.15) is 17.0 Å². The van der Waals surface area contributed by atoms with Crippen LogP contribution in [0.3, 0.4) is 0 Å². The third kappa shape index (κ3) is 4.12. The summed E-state index contributed by atoms with van der Waals surface area (Å²) in [6, 6.07) is 0. The van der Waals surface area contributed by atoms with Crippen LogP contribution in [0.4, 0.5) is 5.82 Å². The monoisotopic (exact) mass is 313 g/mol. The van der Waals surface area contributed by atoms with E-state index in [1.54, 1.807) is 30.8 Å². The van der Waals surface area contributed by atoms with Crippen molar-refractivity contribution in [2.45, 2.75) is 25.7 Å². The van der Waals surface area contributed by atoms with Gasteiger partial charge >= 0.3 is 0 Å². The molecule has 0 aliphatic carbocycles. The Hall–Kier alpha value is -1.25. The number of nitrogens with zero attached hydrogens (tertiary/aromatic N) is 4. The number of rotatable bonds is 4. The predicted octanol–water partition coefficient (Wildman–Crippen LogP) is 0.510. The van der Waals surface area contributed by atoms with Gasteiger partial charge in [-0.1, -0.05) is 0 Å². The number of nitrogens with two attached hydrogens (primary N) is 1. The average Bonchev–Trinajstić information content (AvgIpc) is 2.67. The van der Waals surface area contributed by atoms with Crippen LogP contribution in [0.2, 0.25) is 0 Å². The second kappa shape index (κ2) is 6.67. The molecule has 1 aliphatic rings. The molecule has 2 heterocycles. The largest absolute Gasteiger partial charge is 0.382 e. The fourth-order valence-electron chi connectivity index (χ4n) is 2.57. The van der Waals surface area contributed by atoms with E-state index in [9.17, 15) is 8.42 Å². The SMILES string of the molecule is CN(C)S(=O)(=O)N1CCC[C@@H](Cc2cnc(N)cn2)CC1. The van der Waals surface area contributed by atoms with E-state index < -0.39 is 10.2 Å². The summed E-state index contributed by atoms with van der Waals surface area (Å²) in [6.07, 6.45) is 6.82. The molecule has 2 N–H and O–H groups in total. The molecule has 0 bridgehead atoms. The lowest BCUT2D eigenvalue weighted by atomic mass is 9.95. The minimum absolute atomic E-state index is 0.419. The third-order valence-electron chi connectivity index (χ3n) is 3.82. The molecule has 0 aromatic carbocycles. The first kappa shape index (κ1) is 16.1. The smallest absolute Gasteiger partial charge is 0.281 e. The number of hydrogen-bond donors (Lipinski definition) is 1. The number of nitrogen functional groups attached to an aromatic ring is 1. The molecular formula is C13H23N5O2S. The summed E-state index contributed by atoms with van der Waals surface area (Å²) in [6.45, 7) is 1.15. The summed E-state index contributed by atoms with van der Waals surface area (Å²) in [5.41, 5.74) is 6.44. The zero-order valence-corrected chi connectivity index (χ0v) is 13.4. The first-order chi connectivity index (χ1) is 9.89. The van der Waals surface area contributed by atoms with Gasteiger partial charge in [-0.3, -0.25) is 4.98 Å². The van der Waals surface area contributed by atoms with Crippen LogP contribution in [-0.4, -0.2) is 54.2 Å². The predicted molar refractivity (Wildman–Crippen MR) is 81.7 cm³/mol. The number of hydrogen-bond acceptors (Lipinski definition) is 5. The lowest BCUT2D eigenvalue weighted by molar-refractivity contribution is 0.376. The Labute approximate surface area is 126 Å². The molecule has 0 amide bonds. The standard InChI is InChI=1S/C13H23N5O2S/c1-17(2)21(19,20)18-6-3-4-11(5-7-18)8-12-9-16-13(14)10-15-12/h9-11H,3-8H2,1-2H3,(H2,14,16)/t11-/m1/s1. The highest BCUT2D eigenvalue weighted by molar-refractivity contribution is 7.86. The zero-order valence-electron chi connectivity index (χ0n) is 12.6. The van der Waals surface area contributed by atoms with Gasteiger partial charge in [0.1, 0.15) is 5.82 Å². The van der Waals surface area contributed by atoms with Crippen molar-refractivity contribution in [3.8, 4) is 0 Å². The van der Waals surface area contributed by atoms with Crippen molar-refractivity contribution in [2.75, 3.05) is 32.9 Å². The molecule has 1 saturated heterocycles. The van der Waals surface area contributed by atoms with Crippen molar-refractivity contribution in [3.63, 3.8) is 0 Å². The number of aromatic nitrogens is 2. The Morgan fingerprint density at radius 1 is 1.29 bits per heavy atom. The molecule has 1 atom stereocenters. The van der Waals surface area contributed by atoms with Crippen LogP contribution in [0.15, 0.2) is 12.4 Å². The Morgan fingerprint density at radius 2 is 2.05 bits per heavy atom. The van der Waals surface area contributed by atoms with Gasteiger partial charge in [0.2, 0.25) is 0 Å². The van der Waals surface area contributed by atoms with E-state index in [-0.39, 0.29) is 0 Å². The molecule has 1 aromatic heterocycles. The van der Waals surface area contributed by atoms with Crippen molar-refractivity contribution in [1.82, 2.24) is 18.6 Å². The molecule has 0 radical (unpaired) electrons. The average molecular weight is 313 g/mol. The van der Waals surface area contributed by atoms with Gasteiger partial charge in [0.05, 0.1) is 18.1 Å². The van der Waals surface area contributed by atoms with Crippen LogP contribution >= 0.6 is 0 Å². The van der Waals surface area contributed by atoms with Gasteiger partial charge in [0, 0.05) is 27.2 Å². The van der Waals surface area contributed by atoms with Crippen LogP contribution < -0.4 is 5.73 Å². The molecule has 21 heavy (non-hydrogen) atoms. The maximum atomic E-state index is 12.2. The summed E-state index contributed by atoms with van der Waals surface area (Å²) in [7, 11) is -0.161. The van der Waals surface area contributed by atoms with Gasteiger partial charge in [0.25, 0.3) is 10.2 Å². The van der Waals surface area contributed by atoms with E-state index in [4.69, 9.17) is 5.73 Å². The van der Waals surface area contributed by atoms with Gasteiger partial charge in [-0.25, -0.2) is 4.98 Å². The minimum atomic E-state index is -3.30. The van der Waals surface area contributed by atoms with Crippen LogP contribution in [-0.2, 0) is 16.6 Å². The van der Waals surface area contributed by atoms with Gasteiger partial charge < -0.3 is 5.73 Å². The van der Waals surface area contributed by atoms with Crippen molar-refractivity contribution >= 4 is 16.0 Å². The van der Waals surface area contributed by atoms with Crippen molar-refractivity contribution < 1.29 is 8.42 Å². The quantitative estimate of drug-likeness (QED) is 0.874. The van der Waals surface area contributed by atoms with Gasteiger partial charge in [-0.15, -0.1) is 0 Å². The minimum Gasteiger partial charge on any atom is -0.382 e. The fourth-order valence-corrected chi connectivity index (χ4v) is 3.73. The lowest BCUT2D eigenvalue weighted by Gasteiger charge is -2.23. The van der Waals surface area contributed by atoms with Crippen LogP contribution in [0, 0.1) is 5.92 Å². The molecule has 7 nitrogen and oxygen atoms in total. The second-order valence-corrected chi connectivity index (χ2v) is 7.77. The van der Waals surface area contributed by atoms with Gasteiger partial charge in [-0.05, 0) is 31.6 Å². The van der Waals surface area contributed by atoms with Crippen molar-refractivity contribution in [1.29, 1.82) is 0 Å². The zero-order chi connectivity index (χ0) is 15.5. The Morgan fingerprint density at radius 3 is 2.67 bits per heavy atom. The summed E-state index contributed by atoms with van der Waals surface area (Å²) < 4.78 is 27.2. The van der Waals surface area contributed by atoms with Crippen molar-refractivity contribution in [2.24, 2.45) is 5.92 Å². The Kier molecular flexibility index (Phi) is 5.13. The first-order valence-corrected chi connectivity index (χ1v) is 8.53. The summed E-state index contributed by atoms with van der Waals surface area (Å²) in [5, 5.41) is 0. The molecule has 118 valence electrons. The molecule has 8 heteroatoms. The maximum Gasteiger partial charge on any atom is 0.281 e. The summed E-state index contributed by atoms with van der Waals surface area (Å²) >= 11 is 0. The van der Waals surface area contributed by atoms with Crippen LogP contribution in [0.1, 0.15) is 25.0 Å². The molecular weight excluding hydrogens is 290 g/mol. The molecule has 1 fully saturated rings. The van der Waals surface area contributed by atoms with E-state index >= 15 is 0 Å². The second-order valence-electron chi connectivity index (χ2n) is 5.62. The molecule has 0 saturated carbocycles. The molecule has 2 rings (SSSR count). The maximum absolute atomic E-state index is 12.2. The van der Waals surface area contributed by atoms with E-state index in [0.717, 1.165) is 31.4 Å².